The van der Waals surface area contributed by atoms with Crippen LogP contribution >= 0.6 is 0 Å². The topological polar surface area (TPSA) is 54.3 Å². The molecule has 116 valence electrons. The Hall–Kier alpha value is -2.30. The molecule has 0 fully saturated rings. The van der Waals surface area contributed by atoms with Gasteiger partial charge in [-0.2, -0.15) is 0 Å². The molecule has 22 heavy (non-hydrogen) atoms. The molecular weight excluding hydrogens is 278 g/mol. The molecule has 0 aliphatic carbocycles. The number of aryl methyl sites for hydroxylation is 2. The van der Waals surface area contributed by atoms with Crippen LogP contribution in [0.2, 0.25) is 0 Å². The summed E-state index contributed by atoms with van der Waals surface area (Å²) in [6, 6.07) is 7.96. The zero-order valence-electron chi connectivity index (χ0n) is 13.2. The van der Waals surface area contributed by atoms with Gasteiger partial charge in [-0.1, -0.05) is 18.2 Å². The predicted molar refractivity (Wildman–Crippen MR) is 87.0 cm³/mol. The second kappa shape index (κ2) is 5.48. The fourth-order valence-corrected chi connectivity index (χ4v) is 3.03. The number of pyridine rings is 1. The molecule has 1 aromatic carbocycles. The maximum Gasteiger partial charge on any atom is 0.317 e. The number of hydrogen-bond acceptors (Lipinski definition) is 2. The van der Waals surface area contributed by atoms with Gasteiger partial charge in [-0.25, -0.2) is 4.79 Å². The lowest BCUT2D eigenvalue weighted by atomic mass is 10.1. The van der Waals surface area contributed by atoms with Crippen LogP contribution in [0.4, 0.5) is 4.79 Å². The number of urea groups is 1. The zero-order valence-corrected chi connectivity index (χ0v) is 13.2. The van der Waals surface area contributed by atoms with Crippen molar-refractivity contribution in [2.45, 2.75) is 39.4 Å². The van der Waals surface area contributed by atoms with Crippen molar-refractivity contribution >= 4 is 16.9 Å². The molecule has 0 radical (unpaired) electrons. The predicted octanol–water partition coefficient (Wildman–Crippen LogP) is 2.11. The molecule has 0 saturated carbocycles. The second-order valence-electron chi connectivity index (χ2n) is 6.19. The van der Waals surface area contributed by atoms with Crippen molar-refractivity contribution in [2.24, 2.45) is 0 Å². The highest BCUT2D eigenvalue weighted by atomic mass is 16.2. The van der Waals surface area contributed by atoms with Gasteiger partial charge >= 0.3 is 6.03 Å². The van der Waals surface area contributed by atoms with Crippen LogP contribution in [0.1, 0.15) is 25.0 Å². The van der Waals surface area contributed by atoms with Crippen LogP contribution in [0.15, 0.2) is 29.1 Å². The molecule has 2 aromatic rings. The highest BCUT2D eigenvalue weighted by molar-refractivity contribution is 5.84. The molecular formula is C17H21N3O2. The lowest BCUT2D eigenvalue weighted by Gasteiger charge is -2.20. The lowest BCUT2D eigenvalue weighted by molar-refractivity contribution is 0.204. The van der Waals surface area contributed by atoms with E-state index in [0.29, 0.717) is 12.1 Å². The van der Waals surface area contributed by atoms with Crippen molar-refractivity contribution in [3.63, 3.8) is 0 Å². The fraction of sp³-hybridized carbons (Fsp3) is 0.412. The molecule has 3 rings (SSSR count). The molecule has 1 aromatic heterocycles. The van der Waals surface area contributed by atoms with E-state index in [2.05, 4.69) is 11.4 Å². The molecule has 5 heteroatoms. The first-order valence-electron chi connectivity index (χ1n) is 7.63. The summed E-state index contributed by atoms with van der Waals surface area (Å²) in [6.45, 7) is 4.87. The third-order valence-electron chi connectivity index (χ3n) is 4.04. The summed E-state index contributed by atoms with van der Waals surface area (Å²) in [7, 11) is 1.71. The van der Waals surface area contributed by atoms with Crippen molar-refractivity contribution in [3.8, 4) is 0 Å². The zero-order chi connectivity index (χ0) is 15.9. The van der Waals surface area contributed by atoms with E-state index in [-0.39, 0.29) is 17.6 Å². The third kappa shape index (κ3) is 2.47. The van der Waals surface area contributed by atoms with Gasteiger partial charge in [-0.05, 0) is 37.3 Å². The first-order chi connectivity index (χ1) is 10.5. The number of nitrogens with zero attached hydrogens (tertiary/aromatic N) is 2. The van der Waals surface area contributed by atoms with Crippen molar-refractivity contribution in [2.75, 3.05) is 7.05 Å². The fourth-order valence-electron chi connectivity index (χ4n) is 3.03. The number of nitrogens with one attached hydrogen (secondary N) is 1. The Morgan fingerprint density at radius 1 is 1.41 bits per heavy atom. The van der Waals surface area contributed by atoms with Crippen molar-refractivity contribution < 1.29 is 4.79 Å². The second-order valence-corrected chi connectivity index (χ2v) is 6.19. The molecule has 2 amide bonds. The Morgan fingerprint density at radius 3 is 2.91 bits per heavy atom. The van der Waals surface area contributed by atoms with Gasteiger partial charge in [0.15, 0.2) is 0 Å². The quantitative estimate of drug-likeness (QED) is 0.943. The van der Waals surface area contributed by atoms with E-state index >= 15 is 0 Å². The standard InChI is InChI=1S/C17H21N3O2/c1-11(2)18-17(22)19(3)10-14-9-13-6-4-5-12-7-8-20(15(12)13)16(14)21/h4-6,9,11H,7-8,10H2,1-3H3,(H,18,22). The van der Waals surface area contributed by atoms with Crippen molar-refractivity contribution in [3.05, 3.63) is 45.7 Å². The van der Waals surface area contributed by atoms with Gasteiger partial charge in [-0.3, -0.25) is 4.79 Å². The number of benzene rings is 1. The Bertz CT molecular complexity index is 792. The van der Waals surface area contributed by atoms with Gasteiger partial charge in [0.2, 0.25) is 0 Å². The summed E-state index contributed by atoms with van der Waals surface area (Å²) in [6.07, 6.45) is 0.902. The number of para-hydroxylation sites is 1. The van der Waals surface area contributed by atoms with E-state index < -0.39 is 0 Å². The minimum Gasteiger partial charge on any atom is -0.336 e. The molecule has 0 atom stereocenters. The van der Waals surface area contributed by atoms with Crippen LogP contribution in [-0.2, 0) is 19.5 Å². The highest BCUT2D eigenvalue weighted by Gasteiger charge is 2.19. The molecule has 1 aliphatic heterocycles. The number of rotatable bonds is 3. The van der Waals surface area contributed by atoms with Crippen molar-refractivity contribution in [1.82, 2.24) is 14.8 Å². The Labute approximate surface area is 129 Å². The maximum atomic E-state index is 12.6. The normalized spacial score (nSPS) is 12.9. The van der Waals surface area contributed by atoms with Gasteiger partial charge in [0, 0.05) is 25.2 Å². The molecule has 0 spiro atoms. The summed E-state index contributed by atoms with van der Waals surface area (Å²) in [5.41, 5.74) is 2.95. The molecule has 0 bridgehead atoms. The summed E-state index contributed by atoms with van der Waals surface area (Å²) < 4.78 is 1.84. The van der Waals surface area contributed by atoms with Crippen LogP contribution in [0.3, 0.4) is 0 Å². The minimum absolute atomic E-state index is 0.0154. The lowest BCUT2D eigenvalue weighted by Crippen LogP contribution is -2.41. The number of carbonyl (C=O) groups is 1. The molecule has 5 nitrogen and oxygen atoms in total. The maximum absolute atomic E-state index is 12.6. The number of aromatic nitrogens is 1. The Balaban J connectivity index is 1.95. The molecule has 0 unspecified atom stereocenters. The largest absolute Gasteiger partial charge is 0.336 e. The summed E-state index contributed by atoms with van der Waals surface area (Å²) in [5.74, 6) is 0. The van der Waals surface area contributed by atoms with Gasteiger partial charge in [-0.15, -0.1) is 0 Å². The van der Waals surface area contributed by atoms with Gasteiger partial charge in [0.05, 0.1) is 12.1 Å². The average molecular weight is 299 g/mol. The Morgan fingerprint density at radius 2 is 2.18 bits per heavy atom. The number of hydrogen-bond donors (Lipinski definition) is 1. The van der Waals surface area contributed by atoms with E-state index in [0.717, 1.165) is 23.9 Å². The molecule has 0 saturated heterocycles. The van der Waals surface area contributed by atoms with Gasteiger partial charge < -0.3 is 14.8 Å². The molecule has 1 aliphatic rings. The first-order valence-corrected chi connectivity index (χ1v) is 7.63. The van der Waals surface area contributed by atoms with Crippen LogP contribution in [0, 0.1) is 0 Å². The monoisotopic (exact) mass is 299 g/mol. The SMILES string of the molecule is CC(C)NC(=O)N(C)Cc1cc2cccc3c2n(c1=O)CC3. The van der Waals surface area contributed by atoms with Crippen molar-refractivity contribution in [1.29, 1.82) is 0 Å². The number of amides is 2. The van der Waals surface area contributed by atoms with E-state index in [4.69, 9.17) is 0 Å². The smallest absolute Gasteiger partial charge is 0.317 e. The van der Waals surface area contributed by atoms with Crippen LogP contribution < -0.4 is 10.9 Å². The first kappa shape index (κ1) is 14.6. The Kier molecular flexibility index (Phi) is 3.64. The van der Waals surface area contributed by atoms with E-state index in [1.807, 2.05) is 36.6 Å². The van der Waals surface area contributed by atoms with Crippen LogP contribution in [0.5, 0.6) is 0 Å². The number of carbonyl (C=O) groups excluding carboxylic acids is 1. The van der Waals surface area contributed by atoms with Crippen LogP contribution in [0.25, 0.3) is 10.9 Å². The summed E-state index contributed by atoms with van der Waals surface area (Å²) in [4.78, 5) is 26.2. The summed E-state index contributed by atoms with van der Waals surface area (Å²) >= 11 is 0. The van der Waals surface area contributed by atoms with Crippen LogP contribution in [-0.4, -0.2) is 28.6 Å². The summed E-state index contributed by atoms with van der Waals surface area (Å²) in [5, 5.41) is 3.91. The van der Waals surface area contributed by atoms with Gasteiger partial charge in [0.1, 0.15) is 0 Å². The highest BCUT2D eigenvalue weighted by Crippen LogP contribution is 2.24. The van der Waals surface area contributed by atoms with E-state index in [1.54, 1.807) is 11.9 Å². The molecule has 2 heterocycles. The molecule has 1 N–H and O–H groups in total. The van der Waals surface area contributed by atoms with E-state index in [1.165, 1.54) is 5.56 Å². The third-order valence-corrected chi connectivity index (χ3v) is 4.04. The van der Waals surface area contributed by atoms with E-state index in [9.17, 15) is 9.59 Å². The van der Waals surface area contributed by atoms with Gasteiger partial charge in [0.25, 0.3) is 5.56 Å². The average Bonchev–Trinajstić information content (AvgIpc) is 2.89. The minimum atomic E-state index is -0.162.